The van der Waals surface area contributed by atoms with Crippen LogP contribution >= 0.6 is 0 Å². The zero-order valence-electron chi connectivity index (χ0n) is 10.8. The Morgan fingerprint density at radius 2 is 1.68 bits per heavy atom. The van der Waals surface area contributed by atoms with E-state index in [4.69, 9.17) is 0 Å². The van der Waals surface area contributed by atoms with E-state index in [-0.39, 0.29) is 5.91 Å². The second-order valence-electron chi connectivity index (χ2n) is 5.12. The van der Waals surface area contributed by atoms with Crippen molar-refractivity contribution in [2.45, 2.75) is 19.3 Å². The number of rotatable bonds is 4. The van der Waals surface area contributed by atoms with Crippen LogP contribution in [-0.4, -0.2) is 5.91 Å². The molecule has 0 atom stereocenters. The van der Waals surface area contributed by atoms with E-state index in [0.29, 0.717) is 0 Å². The molecule has 3 rings (SSSR count). The van der Waals surface area contributed by atoms with Crippen molar-refractivity contribution in [1.82, 2.24) is 0 Å². The zero-order chi connectivity index (χ0) is 13.1. The fourth-order valence-electron chi connectivity index (χ4n) is 2.27. The van der Waals surface area contributed by atoms with Gasteiger partial charge in [-0.25, -0.2) is 0 Å². The number of para-hydroxylation sites is 1. The monoisotopic (exact) mass is 251 g/mol. The van der Waals surface area contributed by atoms with Crippen LogP contribution in [0.4, 0.5) is 5.69 Å². The lowest BCUT2D eigenvalue weighted by Gasteiger charge is -2.09. The Kier molecular flexibility index (Phi) is 3.32. The molecular weight excluding hydrogens is 234 g/mol. The first-order chi connectivity index (χ1) is 9.33. The molecule has 96 valence electrons. The van der Waals surface area contributed by atoms with Gasteiger partial charge in [-0.3, -0.25) is 4.79 Å². The fourth-order valence-corrected chi connectivity index (χ4v) is 2.27. The van der Waals surface area contributed by atoms with E-state index >= 15 is 0 Å². The first kappa shape index (κ1) is 12.0. The Hall–Kier alpha value is -2.09. The molecule has 2 aromatic carbocycles. The van der Waals surface area contributed by atoms with E-state index in [1.54, 1.807) is 0 Å². The molecule has 0 heterocycles. The third kappa shape index (κ3) is 3.02. The standard InChI is InChI=1S/C17H17NO/c19-17(18-15-7-2-1-3-8-15)16-9-5-4-6-14(16)12-13-10-11-13/h1-9,13H,10-12H2,(H,18,19). The van der Waals surface area contributed by atoms with Gasteiger partial charge in [0, 0.05) is 11.3 Å². The van der Waals surface area contributed by atoms with Crippen LogP contribution in [-0.2, 0) is 6.42 Å². The highest BCUT2D eigenvalue weighted by atomic mass is 16.1. The quantitative estimate of drug-likeness (QED) is 0.877. The Balaban J connectivity index is 1.79. The first-order valence-electron chi connectivity index (χ1n) is 6.77. The van der Waals surface area contributed by atoms with Gasteiger partial charge in [0.1, 0.15) is 0 Å². The molecule has 0 saturated heterocycles. The number of benzene rings is 2. The molecule has 0 aliphatic heterocycles. The third-order valence-corrected chi connectivity index (χ3v) is 3.50. The predicted octanol–water partition coefficient (Wildman–Crippen LogP) is 3.89. The van der Waals surface area contributed by atoms with Gasteiger partial charge >= 0.3 is 0 Å². The molecule has 0 unspecified atom stereocenters. The molecule has 2 heteroatoms. The molecular formula is C17H17NO. The average molecular weight is 251 g/mol. The summed E-state index contributed by atoms with van der Waals surface area (Å²) in [5.41, 5.74) is 2.81. The Morgan fingerprint density at radius 1 is 1.00 bits per heavy atom. The average Bonchev–Trinajstić information content (AvgIpc) is 3.24. The van der Waals surface area contributed by atoms with Gasteiger partial charge in [0.25, 0.3) is 5.91 Å². The van der Waals surface area contributed by atoms with Crippen LogP contribution in [0.3, 0.4) is 0 Å². The second-order valence-corrected chi connectivity index (χ2v) is 5.12. The largest absolute Gasteiger partial charge is 0.322 e. The lowest BCUT2D eigenvalue weighted by atomic mass is 10.0. The van der Waals surface area contributed by atoms with Crippen molar-refractivity contribution in [3.63, 3.8) is 0 Å². The summed E-state index contributed by atoms with van der Waals surface area (Å²) in [6.07, 6.45) is 3.63. The molecule has 1 N–H and O–H groups in total. The molecule has 2 aromatic rings. The van der Waals surface area contributed by atoms with E-state index in [1.807, 2.05) is 48.5 Å². The van der Waals surface area contributed by atoms with Crippen LogP contribution in [0.1, 0.15) is 28.8 Å². The van der Waals surface area contributed by atoms with Gasteiger partial charge in [0.15, 0.2) is 0 Å². The van der Waals surface area contributed by atoms with Crippen molar-refractivity contribution in [2.24, 2.45) is 5.92 Å². The highest BCUT2D eigenvalue weighted by Crippen LogP contribution is 2.33. The number of amides is 1. The highest BCUT2D eigenvalue weighted by molar-refractivity contribution is 6.05. The van der Waals surface area contributed by atoms with E-state index in [9.17, 15) is 4.79 Å². The summed E-state index contributed by atoms with van der Waals surface area (Å²) in [7, 11) is 0. The molecule has 0 bridgehead atoms. The Morgan fingerprint density at radius 3 is 2.42 bits per heavy atom. The number of nitrogens with one attached hydrogen (secondary N) is 1. The Labute approximate surface area is 113 Å². The lowest BCUT2D eigenvalue weighted by molar-refractivity contribution is 0.102. The third-order valence-electron chi connectivity index (χ3n) is 3.50. The van der Waals surface area contributed by atoms with Crippen molar-refractivity contribution in [3.8, 4) is 0 Å². The SMILES string of the molecule is O=C(Nc1ccccc1)c1ccccc1CC1CC1. The van der Waals surface area contributed by atoms with Gasteiger partial charge in [-0.15, -0.1) is 0 Å². The van der Waals surface area contributed by atoms with Crippen LogP contribution in [0.2, 0.25) is 0 Å². The van der Waals surface area contributed by atoms with Crippen LogP contribution in [0, 0.1) is 5.92 Å². The summed E-state index contributed by atoms with van der Waals surface area (Å²) in [6.45, 7) is 0. The minimum Gasteiger partial charge on any atom is -0.322 e. The van der Waals surface area contributed by atoms with Gasteiger partial charge < -0.3 is 5.32 Å². The molecule has 1 aliphatic carbocycles. The van der Waals surface area contributed by atoms with Gasteiger partial charge in [-0.2, -0.15) is 0 Å². The normalized spacial score (nSPS) is 14.1. The van der Waals surface area contributed by atoms with Crippen molar-refractivity contribution >= 4 is 11.6 Å². The smallest absolute Gasteiger partial charge is 0.255 e. The maximum absolute atomic E-state index is 12.3. The van der Waals surface area contributed by atoms with Crippen LogP contribution in [0.5, 0.6) is 0 Å². The van der Waals surface area contributed by atoms with Gasteiger partial charge in [0.05, 0.1) is 0 Å². The number of carbonyl (C=O) groups is 1. The molecule has 0 aromatic heterocycles. The van der Waals surface area contributed by atoms with E-state index in [1.165, 1.54) is 18.4 Å². The molecule has 2 nitrogen and oxygen atoms in total. The van der Waals surface area contributed by atoms with Crippen molar-refractivity contribution in [2.75, 3.05) is 5.32 Å². The second kappa shape index (κ2) is 5.27. The zero-order valence-corrected chi connectivity index (χ0v) is 10.8. The maximum atomic E-state index is 12.3. The van der Waals surface area contributed by atoms with Crippen molar-refractivity contribution in [3.05, 3.63) is 65.7 Å². The summed E-state index contributed by atoms with van der Waals surface area (Å²) in [4.78, 5) is 12.3. The topological polar surface area (TPSA) is 29.1 Å². The fraction of sp³-hybridized carbons (Fsp3) is 0.235. The van der Waals surface area contributed by atoms with Crippen molar-refractivity contribution in [1.29, 1.82) is 0 Å². The maximum Gasteiger partial charge on any atom is 0.255 e. The minimum absolute atomic E-state index is 0.0116. The van der Waals surface area contributed by atoms with Crippen molar-refractivity contribution < 1.29 is 4.79 Å². The highest BCUT2D eigenvalue weighted by Gasteiger charge is 2.23. The predicted molar refractivity (Wildman–Crippen MR) is 77.3 cm³/mol. The lowest BCUT2D eigenvalue weighted by Crippen LogP contribution is -2.14. The van der Waals surface area contributed by atoms with Crippen LogP contribution in [0.25, 0.3) is 0 Å². The minimum atomic E-state index is -0.0116. The van der Waals surface area contributed by atoms with E-state index < -0.39 is 0 Å². The summed E-state index contributed by atoms with van der Waals surface area (Å²) >= 11 is 0. The molecule has 1 fully saturated rings. The van der Waals surface area contributed by atoms with Gasteiger partial charge in [0.2, 0.25) is 0 Å². The molecule has 0 radical (unpaired) electrons. The number of anilines is 1. The van der Waals surface area contributed by atoms with Gasteiger partial charge in [-0.05, 0) is 48.9 Å². The first-order valence-corrected chi connectivity index (χ1v) is 6.77. The molecule has 1 amide bonds. The molecule has 1 saturated carbocycles. The summed E-state index contributed by atoms with van der Waals surface area (Å²) in [6, 6.07) is 17.5. The van der Waals surface area contributed by atoms with E-state index in [2.05, 4.69) is 11.4 Å². The number of hydrogen-bond donors (Lipinski definition) is 1. The number of hydrogen-bond acceptors (Lipinski definition) is 1. The summed E-state index contributed by atoms with van der Waals surface area (Å²) < 4.78 is 0. The molecule has 19 heavy (non-hydrogen) atoms. The number of carbonyl (C=O) groups excluding carboxylic acids is 1. The summed E-state index contributed by atoms with van der Waals surface area (Å²) in [5.74, 6) is 0.771. The Bertz CT molecular complexity index is 573. The van der Waals surface area contributed by atoms with E-state index in [0.717, 1.165) is 23.6 Å². The molecule has 0 spiro atoms. The van der Waals surface area contributed by atoms with Crippen LogP contribution in [0.15, 0.2) is 54.6 Å². The van der Waals surface area contributed by atoms with Gasteiger partial charge in [-0.1, -0.05) is 36.4 Å². The summed E-state index contributed by atoms with van der Waals surface area (Å²) in [5, 5.41) is 2.95. The molecule has 1 aliphatic rings. The van der Waals surface area contributed by atoms with Crippen LogP contribution < -0.4 is 5.32 Å².